The Morgan fingerprint density at radius 1 is 1.15 bits per heavy atom. The summed E-state index contributed by atoms with van der Waals surface area (Å²) in [6, 6.07) is 12.4. The third-order valence-corrected chi connectivity index (χ3v) is 4.22. The molecule has 0 unspecified atom stereocenters. The second kappa shape index (κ2) is 4.63. The predicted octanol–water partition coefficient (Wildman–Crippen LogP) is 3.60. The minimum absolute atomic E-state index is 0.00766. The Balaban J connectivity index is 2.14. The molecule has 1 heterocycles. The van der Waals surface area contributed by atoms with Crippen molar-refractivity contribution in [3.8, 4) is 0 Å². The lowest BCUT2D eigenvalue weighted by Gasteiger charge is -2.14. The summed E-state index contributed by atoms with van der Waals surface area (Å²) in [5, 5.41) is 2.34. The van der Waals surface area contributed by atoms with Gasteiger partial charge in [0.2, 0.25) is 5.91 Å². The molecule has 2 aromatic carbocycles. The van der Waals surface area contributed by atoms with Gasteiger partial charge >= 0.3 is 0 Å². The van der Waals surface area contributed by atoms with Gasteiger partial charge in [0.15, 0.2) is 0 Å². The summed E-state index contributed by atoms with van der Waals surface area (Å²) < 4.78 is 1.06. The third-order valence-electron chi connectivity index (χ3n) is 3.73. The van der Waals surface area contributed by atoms with Gasteiger partial charge in [-0.2, -0.15) is 0 Å². The molecule has 0 aromatic heterocycles. The molecule has 20 heavy (non-hydrogen) atoms. The van der Waals surface area contributed by atoms with Gasteiger partial charge in [-0.15, -0.1) is 0 Å². The van der Waals surface area contributed by atoms with Crippen molar-refractivity contribution in [2.75, 3.05) is 0 Å². The summed E-state index contributed by atoms with van der Waals surface area (Å²) >= 11 is 3.49. The number of carbonyl (C=O) groups is 1. The molecule has 0 radical (unpaired) electrons. The van der Waals surface area contributed by atoms with E-state index in [1.165, 1.54) is 10.8 Å². The van der Waals surface area contributed by atoms with Crippen LogP contribution in [0, 0.1) is 5.41 Å². The molecule has 1 fully saturated rings. The van der Waals surface area contributed by atoms with Crippen molar-refractivity contribution in [2.24, 2.45) is 5.41 Å². The largest absolute Gasteiger partial charge is 0.302 e. The van der Waals surface area contributed by atoms with E-state index in [1.54, 1.807) is 0 Å². The molecule has 4 heteroatoms. The van der Waals surface area contributed by atoms with E-state index in [0.717, 1.165) is 15.7 Å². The van der Waals surface area contributed by atoms with Gasteiger partial charge in [-0.3, -0.25) is 10.2 Å². The van der Waals surface area contributed by atoms with Gasteiger partial charge in [-0.05, 0) is 48.4 Å². The number of amides is 1. The standard InChI is InChI=1S/C16H15BrN2O/c1-16(2)14(18-19-15(16)20)9-11-5-3-4-10-8-12(17)6-7-13(10)11/h3-9,18H,1-2H3,(H,19,20)/b14-9-. The Morgan fingerprint density at radius 3 is 2.65 bits per heavy atom. The van der Waals surface area contributed by atoms with Crippen molar-refractivity contribution in [2.45, 2.75) is 13.8 Å². The number of fused-ring (bicyclic) bond motifs is 1. The molecule has 102 valence electrons. The molecule has 1 saturated heterocycles. The van der Waals surface area contributed by atoms with Crippen LogP contribution in [-0.4, -0.2) is 5.91 Å². The molecule has 1 amide bonds. The Labute approximate surface area is 126 Å². The lowest BCUT2D eigenvalue weighted by Crippen LogP contribution is -2.28. The van der Waals surface area contributed by atoms with Crippen LogP contribution in [0.2, 0.25) is 0 Å². The third kappa shape index (κ3) is 2.10. The van der Waals surface area contributed by atoms with Crippen LogP contribution in [0.3, 0.4) is 0 Å². The highest BCUT2D eigenvalue weighted by atomic mass is 79.9. The highest BCUT2D eigenvalue weighted by Gasteiger charge is 2.37. The quantitative estimate of drug-likeness (QED) is 0.838. The zero-order valence-electron chi connectivity index (χ0n) is 11.3. The first-order chi connectivity index (χ1) is 9.48. The summed E-state index contributed by atoms with van der Waals surface area (Å²) in [5.41, 5.74) is 7.10. The normalized spacial score (nSPS) is 19.1. The van der Waals surface area contributed by atoms with E-state index >= 15 is 0 Å². The van der Waals surface area contributed by atoms with Crippen LogP contribution >= 0.6 is 15.9 Å². The molecule has 1 aliphatic heterocycles. The number of hydrazine groups is 1. The van der Waals surface area contributed by atoms with E-state index in [4.69, 9.17) is 0 Å². The highest BCUT2D eigenvalue weighted by Crippen LogP contribution is 2.31. The zero-order chi connectivity index (χ0) is 14.3. The fraction of sp³-hybridized carbons (Fsp3) is 0.188. The number of benzene rings is 2. The second-order valence-electron chi connectivity index (χ2n) is 5.47. The van der Waals surface area contributed by atoms with Gasteiger partial charge < -0.3 is 5.43 Å². The van der Waals surface area contributed by atoms with Crippen LogP contribution in [0.25, 0.3) is 16.8 Å². The summed E-state index contributed by atoms with van der Waals surface area (Å²) in [4.78, 5) is 11.8. The summed E-state index contributed by atoms with van der Waals surface area (Å²) in [7, 11) is 0. The number of rotatable bonds is 1. The molecule has 2 aromatic rings. The molecular formula is C16H15BrN2O. The zero-order valence-corrected chi connectivity index (χ0v) is 12.9. The minimum atomic E-state index is -0.530. The monoisotopic (exact) mass is 330 g/mol. The molecule has 0 bridgehead atoms. The molecule has 3 rings (SSSR count). The molecule has 2 N–H and O–H groups in total. The first-order valence-electron chi connectivity index (χ1n) is 6.45. The van der Waals surface area contributed by atoms with E-state index in [1.807, 2.05) is 32.1 Å². The Bertz CT molecular complexity index is 734. The second-order valence-corrected chi connectivity index (χ2v) is 6.39. The average molecular weight is 331 g/mol. The smallest absolute Gasteiger partial charge is 0.249 e. The number of halogens is 1. The van der Waals surface area contributed by atoms with Crippen molar-refractivity contribution in [1.29, 1.82) is 0 Å². The number of hydrogen-bond acceptors (Lipinski definition) is 2. The number of hydrogen-bond donors (Lipinski definition) is 2. The highest BCUT2D eigenvalue weighted by molar-refractivity contribution is 9.10. The molecule has 3 nitrogen and oxygen atoms in total. The summed E-state index contributed by atoms with van der Waals surface area (Å²) in [6.45, 7) is 3.83. The van der Waals surface area contributed by atoms with Crippen molar-refractivity contribution in [1.82, 2.24) is 10.9 Å². The van der Waals surface area contributed by atoms with Crippen LogP contribution < -0.4 is 10.9 Å². The van der Waals surface area contributed by atoms with Crippen LogP contribution in [0.4, 0.5) is 0 Å². The number of nitrogens with one attached hydrogen (secondary N) is 2. The maximum absolute atomic E-state index is 11.8. The van der Waals surface area contributed by atoms with Crippen LogP contribution in [0.1, 0.15) is 19.4 Å². The fourth-order valence-corrected chi connectivity index (χ4v) is 2.72. The molecule has 0 atom stereocenters. The van der Waals surface area contributed by atoms with Gasteiger partial charge in [-0.25, -0.2) is 0 Å². The average Bonchev–Trinajstić information content (AvgIpc) is 2.65. The molecule has 0 aliphatic carbocycles. The van der Waals surface area contributed by atoms with Crippen molar-refractivity contribution in [3.63, 3.8) is 0 Å². The maximum Gasteiger partial charge on any atom is 0.249 e. The van der Waals surface area contributed by atoms with E-state index < -0.39 is 5.41 Å². The molecule has 0 saturated carbocycles. The number of carbonyl (C=O) groups excluding carboxylic acids is 1. The van der Waals surface area contributed by atoms with E-state index in [0.29, 0.717) is 0 Å². The van der Waals surface area contributed by atoms with Crippen LogP contribution in [0.5, 0.6) is 0 Å². The van der Waals surface area contributed by atoms with E-state index in [-0.39, 0.29) is 5.91 Å². The van der Waals surface area contributed by atoms with Gasteiger partial charge in [0.05, 0.1) is 5.41 Å². The van der Waals surface area contributed by atoms with Crippen LogP contribution in [-0.2, 0) is 4.79 Å². The summed E-state index contributed by atoms with van der Waals surface area (Å²) in [5.74, 6) is -0.00766. The SMILES string of the molecule is CC1(C)C(=O)NN/C1=C\c1cccc2cc(Br)ccc12. The Kier molecular flexibility index (Phi) is 3.05. The fourth-order valence-electron chi connectivity index (χ4n) is 2.34. The summed E-state index contributed by atoms with van der Waals surface area (Å²) in [6.07, 6.45) is 2.04. The lowest BCUT2D eigenvalue weighted by molar-refractivity contribution is -0.125. The lowest BCUT2D eigenvalue weighted by atomic mass is 9.88. The van der Waals surface area contributed by atoms with Gasteiger partial charge in [-0.1, -0.05) is 40.2 Å². The first-order valence-corrected chi connectivity index (χ1v) is 7.25. The predicted molar refractivity (Wildman–Crippen MR) is 84.7 cm³/mol. The van der Waals surface area contributed by atoms with E-state index in [9.17, 15) is 4.79 Å². The topological polar surface area (TPSA) is 41.1 Å². The Morgan fingerprint density at radius 2 is 1.95 bits per heavy atom. The van der Waals surface area contributed by atoms with Crippen molar-refractivity contribution >= 4 is 38.7 Å². The van der Waals surface area contributed by atoms with Crippen molar-refractivity contribution < 1.29 is 4.79 Å². The molecule has 1 aliphatic rings. The van der Waals surface area contributed by atoms with Crippen LogP contribution in [0.15, 0.2) is 46.6 Å². The van der Waals surface area contributed by atoms with Gasteiger partial charge in [0.1, 0.15) is 0 Å². The van der Waals surface area contributed by atoms with E-state index in [2.05, 4.69) is 51.0 Å². The van der Waals surface area contributed by atoms with Gasteiger partial charge in [0.25, 0.3) is 0 Å². The minimum Gasteiger partial charge on any atom is -0.302 e. The first kappa shape index (κ1) is 13.2. The Hall–Kier alpha value is -1.81. The van der Waals surface area contributed by atoms with Gasteiger partial charge in [0, 0.05) is 10.2 Å². The maximum atomic E-state index is 11.8. The molecule has 0 spiro atoms. The molecular weight excluding hydrogens is 316 g/mol. The van der Waals surface area contributed by atoms with Crippen molar-refractivity contribution in [3.05, 3.63) is 52.1 Å².